The highest BCUT2D eigenvalue weighted by Gasteiger charge is 1.98. The van der Waals surface area contributed by atoms with Crippen LogP contribution in [0.3, 0.4) is 0 Å². The second kappa shape index (κ2) is 8.10. The summed E-state index contributed by atoms with van der Waals surface area (Å²) >= 11 is 0. The molecule has 0 saturated heterocycles. The molecule has 3 heteroatoms. The lowest BCUT2D eigenvalue weighted by Crippen LogP contribution is -2.22. The molecule has 0 heterocycles. The van der Waals surface area contributed by atoms with Gasteiger partial charge in [0.05, 0.1) is 6.54 Å². The molecule has 1 aromatic carbocycles. The molecule has 1 rings (SSSR count). The molecule has 0 spiro atoms. The van der Waals surface area contributed by atoms with Gasteiger partial charge in [-0.1, -0.05) is 37.3 Å². The minimum atomic E-state index is 0.0442. The second-order valence-electron chi connectivity index (χ2n) is 4.32. The van der Waals surface area contributed by atoms with E-state index in [4.69, 9.17) is 0 Å². The van der Waals surface area contributed by atoms with Crippen molar-refractivity contribution in [3.05, 3.63) is 35.4 Å². The van der Waals surface area contributed by atoms with E-state index in [1.807, 2.05) is 12.1 Å². The number of rotatable bonds is 5. The normalized spacial score (nSPS) is 9.37. The van der Waals surface area contributed by atoms with Crippen LogP contribution in [0.4, 0.5) is 0 Å². The van der Waals surface area contributed by atoms with Crippen molar-refractivity contribution < 1.29 is 9.59 Å². The summed E-state index contributed by atoms with van der Waals surface area (Å²) in [6.07, 6.45) is 2.48. The van der Waals surface area contributed by atoms with Gasteiger partial charge < -0.3 is 5.32 Å². The Morgan fingerprint density at radius 1 is 1.21 bits per heavy atom. The Hall–Kier alpha value is -2.08. The molecule has 0 radical (unpaired) electrons. The maximum absolute atomic E-state index is 11.3. The van der Waals surface area contributed by atoms with Crippen molar-refractivity contribution >= 4 is 11.7 Å². The number of hydrogen-bond acceptors (Lipinski definition) is 2. The van der Waals surface area contributed by atoms with Crippen LogP contribution in [0.25, 0.3) is 0 Å². The first-order valence-electron chi connectivity index (χ1n) is 6.50. The minimum Gasteiger partial charge on any atom is -0.345 e. The van der Waals surface area contributed by atoms with Crippen LogP contribution in [0.1, 0.15) is 49.0 Å². The fourth-order valence-corrected chi connectivity index (χ4v) is 1.50. The highest BCUT2D eigenvalue weighted by molar-refractivity contribution is 5.94. The van der Waals surface area contributed by atoms with Crippen molar-refractivity contribution in [2.45, 2.75) is 33.1 Å². The van der Waals surface area contributed by atoms with E-state index in [-0.39, 0.29) is 11.7 Å². The number of carbonyl (C=O) groups is 2. The third-order valence-electron chi connectivity index (χ3n) is 2.66. The molecule has 0 atom stereocenters. The average molecular weight is 257 g/mol. The molecule has 1 N–H and O–H groups in total. The monoisotopic (exact) mass is 257 g/mol. The van der Waals surface area contributed by atoms with Crippen LogP contribution < -0.4 is 5.32 Å². The molecule has 0 aliphatic heterocycles. The van der Waals surface area contributed by atoms with Crippen LogP contribution in [0.2, 0.25) is 0 Å². The van der Waals surface area contributed by atoms with Gasteiger partial charge in [-0.15, -0.1) is 0 Å². The Labute approximate surface area is 114 Å². The largest absolute Gasteiger partial charge is 0.345 e. The van der Waals surface area contributed by atoms with E-state index in [0.717, 1.165) is 18.4 Å². The van der Waals surface area contributed by atoms with Gasteiger partial charge in [-0.05, 0) is 25.5 Å². The number of nitrogens with one attached hydrogen (secondary N) is 1. The summed E-state index contributed by atoms with van der Waals surface area (Å²) in [5.41, 5.74) is 1.52. The Balaban J connectivity index is 2.41. The summed E-state index contributed by atoms with van der Waals surface area (Å²) < 4.78 is 0. The standard InChI is InChI=1S/C16H19NO2/c1-3-4-7-16(19)17-12-5-6-14-8-10-15(11-9-14)13(2)18/h8-11H,3-4,7,12H2,1-2H3,(H,17,19). The van der Waals surface area contributed by atoms with E-state index >= 15 is 0 Å². The summed E-state index contributed by atoms with van der Waals surface area (Å²) in [6, 6.07) is 7.13. The van der Waals surface area contributed by atoms with Gasteiger partial charge in [-0.2, -0.15) is 0 Å². The molecule has 0 bridgehead atoms. The topological polar surface area (TPSA) is 46.2 Å². The van der Waals surface area contributed by atoms with Crippen molar-refractivity contribution in [1.29, 1.82) is 0 Å². The lowest BCUT2D eigenvalue weighted by Gasteiger charge is -1.99. The molecular weight excluding hydrogens is 238 g/mol. The number of Topliss-reactive ketones (excluding diaryl/α,β-unsaturated/α-hetero) is 1. The quantitative estimate of drug-likeness (QED) is 0.651. The molecule has 0 unspecified atom stereocenters. The van der Waals surface area contributed by atoms with Gasteiger partial charge in [0.25, 0.3) is 0 Å². The van der Waals surface area contributed by atoms with Crippen LogP contribution in [0.15, 0.2) is 24.3 Å². The van der Waals surface area contributed by atoms with E-state index < -0.39 is 0 Å². The Morgan fingerprint density at radius 3 is 2.47 bits per heavy atom. The van der Waals surface area contributed by atoms with Crippen molar-refractivity contribution in [2.75, 3.05) is 6.54 Å². The summed E-state index contributed by atoms with van der Waals surface area (Å²) in [5.74, 6) is 5.93. The van der Waals surface area contributed by atoms with Crippen molar-refractivity contribution in [2.24, 2.45) is 0 Å². The molecule has 19 heavy (non-hydrogen) atoms. The summed E-state index contributed by atoms with van der Waals surface area (Å²) in [5, 5.41) is 2.75. The molecule has 0 saturated carbocycles. The van der Waals surface area contributed by atoms with Crippen molar-refractivity contribution in [3.63, 3.8) is 0 Å². The van der Waals surface area contributed by atoms with Crippen LogP contribution in [0.5, 0.6) is 0 Å². The number of hydrogen-bond donors (Lipinski definition) is 1. The third kappa shape index (κ3) is 5.87. The number of ketones is 1. The van der Waals surface area contributed by atoms with E-state index in [9.17, 15) is 9.59 Å². The third-order valence-corrected chi connectivity index (χ3v) is 2.66. The van der Waals surface area contributed by atoms with Crippen LogP contribution in [-0.2, 0) is 4.79 Å². The zero-order chi connectivity index (χ0) is 14.1. The molecule has 3 nitrogen and oxygen atoms in total. The van der Waals surface area contributed by atoms with E-state index in [1.165, 1.54) is 6.92 Å². The van der Waals surface area contributed by atoms with Gasteiger partial charge in [-0.3, -0.25) is 9.59 Å². The van der Waals surface area contributed by atoms with E-state index in [1.54, 1.807) is 12.1 Å². The zero-order valence-electron chi connectivity index (χ0n) is 11.5. The Morgan fingerprint density at radius 2 is 1.89 bits per heavy atom. The molecular formula is C16H19NO2. The van der Waals surface area contributed by atoms with Crippen molar-refractivity contribution in [1.82, 2.24) is 5.32 Å². The second-order valence-corrected chi connectivity index (χ2v) is 4.32. The smallest absolute Gasteiger partial charge is 0.220 e. The predicted octanol–water partition coefficient (Wildman–Crippen LogP) is 2.55. The molecule has 1 aromatic rings. The lowest BCUT2D eigenvalue weighted by molar-refractivity contribution is -0.120. The summed E-state index contributed by atoms with van der Waals surface area (Å²) in [6.45, 7) is 3.95. The molecule has 0 aliphatic carbocycles. The van der Waals surface area contributed by atoms with Crippen LogP contribution >= 0.6 is 0 Å². The van der Waals surface area contributed by atoms with Crippen molar-refractivity contribution in [3.8, 4) is 11.8 Å². The van der Waals surface area contributed by atoms with Crippen LogP contribution in [0, 0.1) is 11.8 Å². The highest BCUT2D eigenvalue weighted by atomic mass is 16.1. The zero-order valence-corrected chi connectivity index (χ0v) is 11.5. The first kappa shape index (κ1) is 15.0. The van der Waals surface area contributed by atoms with Gasteiger partial charge in [0.1, 0.15) is 0 Å². The first-order chi connectivity index (χ1) is 9.13. The Kier molecular flexibility index (Phi) is 6.38. The number of amides is 1. The van der Waals surface area contributed by atoms with Gasteiger partial charge in [0, 0.05) is 17.5 Å². The Bertz CT molecular complexity index is 492. The summed E-state index contributed by atoms with van der Waals surface area (Å²) in [7, 11) is 0. The fourth-order valence-electron chi connectivity index (χ4n) is 1.50. The fraction of sp³-hybridized carbons (Fsp3) is 0.375. The van der Waals surface area contributed by atoms with E-state index in [0.29, 0.717) is 18.5 Å². The van der Waals surface area contributed by atoms with Gasteiger partial charge in [-0.25, -0.2) is 0 Å². The van der Waals surface area contributed by atoms with Gasteiger partial charge in [0.15, 0.2) is 5.78 Å². The molecule has 0 aliphatic rings. The number of unbranched alkanes of at least 4 members (excludes halogenated alkanes) is 1. The maximum Gasteiger partial charge on any atom is 0.220 e. The van der Waals surface area contributed by atoms with Gasteiger partial charge >= 0.3 is 0 Å². The predicted molar refractivity (Wildman–Crippen MR) is 75.9 cm³/mol. The molecule has 1 amide bonds. The highest BCUT2D eigenvalue weighted by Crippen LogP contribution is 2.03. The number of carbonyl (C=O) groups excluding carboxylic acids is 2. The molecule has 0 fully saturated rings. The summed E-state index contributed by atoms with van der Waals surface area (Å²) in [4.78, 5) is 22.4. The number of benzene rings is 1. The minimum absolute atomic E-state index is 0.0442. The van der Waals surface area contributed by atoms with E-state index in [2.05, 4.69) is 24.1 Å². The molecule has 0 aromatic heterocycles. The maximum atomic E-state index is 11.3. The molecule has 100 valence electrons. The van der Waals surface area contributed by atoms with Gasteiger partial charge in [0.2, 0.25) is 5.91 Å². The average Bonchev–Trinajstić information content (AvgIpc) is 2.41. The lowest BCUT2D eigenvalue weighted by atomic mass is 10.1. The first-order valence-corrected chi connectivity index (χ1v) is 6.50. The van der Waals surface area contributed by atoms with Crippen LogP contribution in [-0.4, -0.2) is 18.2 Å². The SMILES string of the molecule is CCCCC(=O)NCC#Cc1ccc(C(C)=O)cc1.